The molecule has 0 unspecified atom stereocenters. The third kappa shape index (κ3) is 4.18. The second-order valence-electron chi connectivity index (χ2n) is 7.55. The number of hydrogen-bond acceptors (Lipinski definition) is 2. The van der Waals surface area contributed by atoms with Gasteiger partial charge in [0.05, 0.1) is 0 Å². The van der Waals surface area contributed by atoms with Gasteiger partial charge >= 0.3 is 0 Å². The Labute approximate surface area is 174 Å². The summed E-state index contributed by atoms with van der Waals surface area (Å²) in [7, 11) is 0. The summed E-state index contributed by atoms with van der Waals surface area (Å²) >= 11 is 2.23. The van der Waals surface area contributed by atoms with Gasteiger partial charge in [-0.2, -0.15) is 0 Å². The average Bonchev–Trinajstić information content (AvgIpc) is 3.25. The van der Waals surface area contributed by atoms with E-state index in [0.29, 0.717) is 0 Å². The van der Waals surface area contributed by atoms with E-state index in [1.807, 2.05) is 0 Å². The largest absolute Gasteiger partial charge is 0.460 e. The molecule has 4 rings (SSSR count). The van der Waals surface area contributed by atoms with Crippen LogP contribution >= 0.6 is 22.6 Å². The van der Waals surface area contributed by atoms with E-state index in [0.717, 1.165) is 43.3 Å². The third-order valence-electron chi connectivity index (χ3n) is 5.46. The number of aryl methyl sites for hydroxylation is 1. The molecule has 142 valence electrons. The van der Waals surface area contributed by atoms with E-state index in [1.54, 1.807) is 0 Å². The molecule has 2 heterocycles. The van der Waals surface area contributed by atoms with Crippen molar-refractivity contribution in [3.8, 4) is 0 Å². The van der Waals surface area contributed by atoms with Gasteiger partial charge in [-0.25, -0.2) is 0 Å². The Hall–Kier alpha value is -1.49. The summed E-state index contributed by atoms with van der Waals surface area (Å²) in [4.78, 5) is 0. The van der Waals surface area contributed by atoms with Crippen LogP contribution in [-0.2, 0) is 6.42 Å². The zero-order chi connectivity index (χ0) is 18.6. The van der Waals surface area contributed by atoms with Crippen LogP contribution in [0.25, 0.3) is 32.7 Å². The van der Waals surface area contributed by atoms with Crippen molar-refractivity contribution in [3.63, 3.8) is 0 Å². The number of rotatable bonds is 9. The predicted octanol–water partition coefficient (Wildman–Crippen LogP) is 8.62. The molecule has 3 heteroatoms. The lowest BCUT2D eigenvalue weighted by molar-refractivity contribution is 0.519. The first-order valence-corrected chi connectivity index (χ1v) is 11.4. The number of furan rings is 2. The zero-order valence-electron chi connectivity index (χ0n) is 16.0. The number of hydrogen-bond donors (Lipinski definition) is 0. The second-order valence-corrected chi connectivity index (χ2v) is 8.61. The fourth-order valence-corrected chi connectivity index (χ4v) is 4.53. The molecule has 0 saturated heterocycles. The zero-order valence-corrected chi connectivity index (χ0v) is 18.2. The van der Waals surface area contributed by atoms with Gasteiger partial charge in [0.25, 0.3) is 0 Å². The highest BCUT2D eigenvalue weighted by atomic mass is 127. The molecule has 0 bridgehead atoms. The maximum atomic E-state index is 6.25. The van der Waals surface area contributed by atoms with Crippen molar-refractivity contribution < 1.29 is 8.83 Å². The summed E-state index contributed by atoms with van der Waals surface area (Å²) in [6.07, 6.45) is 11.8. The van der Waals surface area contributed by atoms with E-state index in [1.165, 1.54) is 56.8 Å². The first kappa shape index (κ1) is 18.9. The van der Waals surface area contributed by atoms with Crippen LogP contribution in [0.2, 0.25) is 0 Å². The lowest BCUT2D eigenvalue weighted by Crippen LogP contribution is -1.84. The summed E-state index contributed by atoms with van der Waals surface area (Å²) < 4.78 is 13.1. The standard InChI is InChI=1S/C24H27IO2/c1-2-3-4-5-6-7-8-9-10-19-15-17-11-13-21-20(23(17)26-19)14-12-18-16-22(25)27-24(18)21/h11-16H,2-10H2,1H3. The summed E-state index contributed by atoms with van der Waals surface area (Å²) in [6.45, 7) is 2.27. The molecule has 0 saturated carbocycles. The Morgan fingerprint density at radius 3 is 2.00 bits per heavy atom. The van der Waals surface area contributed by atoms with Crippen molar-refractivity contribution in [3.05, 3.63) is 45.9 Å². The van der Waals surface area contributed by atoms with Crippen LogP contribution in [0.5, 0.6) is 0 Å². The maximum absolute atomic E-state index is 6.25. The van der Waals surface area contributed by atoms with E-state index in [4.69, 9.17) is 8.83 Å². The van der Waals surface area contributed by atoms with Crippen molar-refractivity contribution in [2.75, 3.05) is 0 Å². The number of fused-ring (bicyclic) bond motifs is 5. The Balaban J connectivity index is 1.44. The second kappa shape index (κ2) is 8.68. The van der Waals surface area contributed by atoms with E-state index < -0.39 is 0 Å². The highest BCUT2D eigenvalue weighted by molar-refractivity contribution is 14.1. The quantitative estimate of drug-likeness (QED) is 0.179. The molecule has 0 fully saturated rings. The van der Waals surface area contributed by atoms with Crippen molar-refractivity contribution >= 4 is 55.3 Å². The van der Waals surface area contributed by atoms with Gasteiger partial charge in [0, 0.05) is 28.0 Å². The molecule has 0 atom stereocenters. The number of unbranched alkanes of at least 4 members (excludes halogenated alkanes) is 7. The van der Waals surface area contributed by atoms with Crippen LogP contribution in [-0.4, -0.2) is 0 Å². The van der Waals surface area contributed by atoms with E-state index >= 15 is 0 Å². The topological polar surface area (TPSA) is 26.3 Å². The minimum Gasteiger partial charge on any atom is -0.460 e. The highest BCUT2D eigenvalue weighted by Gasteiger charge is 2.12. The molecule has 0 aliphatic carbocycles. The van der Waals surface area contributed by atoms with Crippen LogP contribution in [0.1, 0.15) is 64.1 Å². The van der Waals surface area contributed by atoms with Gasteiger partial charge in [-0.1, -0.05) is 64.0 Å². The first-order chi connectivity index (χ1) is 13.3. The SMILES string of the molecule is CCCCCCCCCCc1cc2ccc3c(ccc4cc(I)oc43)c2o1. The van der Waals surface area contributed by atoms with Crippen LogP contribution in [0.4, 0.5) is 0 Å². The molecule has 0 radical (unpaired) electrons. The number of benzene rings is 2. The van der Waals surface area contributed by atoms with Gasteiger partial charge in [-0.05, 0) is 53.3 Å². The molecule has 2 aromatic carbocycles. The molecule has 2 aromatic heterocycles. The molecule has 0 amide bonds. The van der Waals surface area contributed by atoms with Crippen molar-refractivity contribution in [2.24, 2.45) is 0 Å². The molecule has 27 heavy (non-hydrogen) atoms. The van der Waals surface area contributed by atoms with E-state index in [-0.39, 0.29) is 0 Å². The minimum atomic E-state index is 0.921. The molecule has 0 spiro atoms. The summed E-state index contributed by atoms with van der Waals surface area (Å²) in [5.74, 6) is 1.11. The van der Waals surface area contributed by atoms with Crippen LogP contribution < -0.4 is 0 Å². The van der Waals surface area contributed by atoms with E-state index in [2.05, 4.69) is 65.9 Å². The number of halogens is 1. The lowest BCUT2D eigenvalue weighted by atomic mass is 10.1. The Morgan fingerprint density at radius 1 is 0.704 bits per heavy atom. The van der Waals surface area contributed by atoms with Gasteiger partial charge in [0.1, 0.15) is 16.9 Å². The van der Waals surface area contributed by atoms with Crippen molar-refractivity contribution in [1.82, 2.24) is 0 Å². The summed E-state index contributed by atoms with van der Waals surface area (Å²) in [6, 6.07) is 12.9. The summed E-state index contributed by atoms with van der Waals surface area (Å²) in [5, 5.41) is 4.62. The van der Waals surface area contributed by atoms with Gasteiger partial charge in [0.15, 0.2) is 3.77 Å². The molecular weight excluding hydrogens is 447 g/mol. The van der Waals surface area contributed by atoms with Crippen LogP contribution in [0.3, 0.4) is 0 Å². The maximum Gasteiger partial charge on any atom is 0.165 e. The van der Waals surface area contributed by atoms with Gasteiger partial charge in [-0.15, -0.1) is 0 Å². The minimum absolute atomic E-state index is 0.921. The Kier molecular flexibility index (Phi) is 6.06. The fourth-order valence-electron chi connectivity index (χ4n) is 3.98. The van der Waals surface area contributed by atoms with Crippen molar-refractivity contribution in [1.29, 1.82) is 0 Å². The third-order valence-corrected chi connectivity index (χ3v) is 5.99. The predicted molar refractivity (Wildman–Crippen MR) is 123 cm³/mol. The Morgan fingerprint density at radius 2 is 1.30 bits per heavy atom. The average molecular weight is 474 g/mol. The van der Waals surface area contributed by atoms with Crippen molar-refractivity contribution in [2.45, 2.75) is 64.7 Å². The monoisotopic (exact) mass is 474 g/mol. The summed E-state index contributed by atoms with van der Waals surface area (Å²) in [5.41, 5.74) is 1.95. The van der Waals surface area contributed by atoms with Gasteiger partial charge in [-0.3, -0.25) is 0 Å². The fraction of sp³-hybridized carbons (Fsp3) is 0.417. The first-order valence-electron chi connectivity index (χ1n) is 10.3. The van der Waals surface area contributed by atoms with Crippen LogP contribution in [0.15, 0.2) is 45.2 Å². The molecule has 0 N–H and O–H groups in total. The smallest absolute Gasteiger partial charge is 0.165 e. The normalized spacial score (nSPS) is 11.9. The molecular formula is C24H27IO2. The Bertz CT molecular complexity index is 1040. The molecule has 4 aromatic rings. The van der Waals surface area contributed by atoms with Gasteiger partial charge in [0.2, 0.25) is 0 Å². The highest BCUT2D eigenvalue weighted by Crippen LogP contribution is 2.34. The molecule has 0 aliphatic heterocycles. The molecule has 0 aliphatic rings. The molecule has 2 nitrogen and oxygen atoms in total. The van der Waals surface area contributed by atoms with Crippen LogP contribution in [0, 0.1) is 3.77 Å². The van der Waals surface area contributed by atoms with E-state index in [9.17, 15) is 0 Å². The lowest BCUT2D eigenvalue weighted by Gasteiger charge is -2.01. The van der Waals surface area contributed by atoms with Gasteiger partial charge < -0.3 is 8.83 Å².